The average Bonchev–Trinajstić information content (AvgIpc) is 3.53. The molecule has 198 valence electrons. The largest absolute Gasteiger partial charge is 0.372 e. The summed E-state index contributed by atoms with van der Waals surface area (Å²) >= 11 is 0. The number of anilines is 2. The summed E-state index contributed by atoms with van der Waals surface area (Å²) in [6.45, 7) is 8.23. The van der Waals surface area contributed by atoms with Crippen molar-refractivity contribution >= 4 is 38.3 Å². The first-order valence-corrected chi connectivity index (χ1v) is 14.5. The minimum Gasteiger partial charge on any atom is -0.372 e. The molecule has 1 amide bonds. The molecule has 37 heavy (non-hydrogen) atoms. The molecule has 2 saturated heterocycles. The molecule has 2 aliphatic rings. The molecule has 2 aliphatic heterocycles. The summed E-state index contributed by atoms with van der Waals surface area (Å²) in [5.74, 6) is -0.405. The lowest BCUT2D eigenvalue weighted by atomic mass is 10.0. The van der Waals surface area contributed by atoms with E-state index in [1.807, 2.05) is 30.7 Å². The third-order valence-electron chi connectivity index (χ3n) is 7.56. The van der Waals surface area contributed by atoms with Crippen molar-refractivity contribution in [3.05, 3.63) is 42.5 Å². The van der Waals surface area contributed by atoms with Gasteiger partial charge in [0.15, 0.2) is 0 Å². The number of pyridine rings is 1. The summed E-state index contributed by atoms with van der Waals surface area (Å²) in [5, 5.41) is -0.0319. The molecule has 0 radical (unpaired) electrons. The fraction of sp³-hybridized carbons (Fsp3) is 0.481. The van der Waals surface area contributed by atoms with Crippen molar-refractivity contribution < 1.29 is 17.6 Å². The van der Waals surface area contributed by atoms with Gasteiger partial charge in [0.05, 0.1) is 16.3 Å². The van der Waals surface area contributed by atoms with Gasteiger partial charge in [0.2, 0.25) is 15.9 Å². The third-order valence-corrected chi connectivity index (χ3v) is 9.41. The number of benzene rings is 1. The van der Waals surface area contributed by atoms with Crippen LogP contribution in [0.5, 0.6) is 0 Å². The topological polar surface area (TPSA) is 87.5 Å². The van der Waals surface area contributed by atoms with E-state index < -0.39 is 15.3 Å². The summed E-state index contributed by atoms with van der Waals surface area (Å²) in [6, 6.07) is 6.84. The summed E-state index contributed by atoms with van der Waals surface area (Å²) in [7, 11) is -3.75. The van der Waals surface area contributed by atoms with Gasteiger partial charge in [0.25, 0.3) is 0 Å². The number of amides is 1. The van der Waals surface area contributed by atoms with Crippen LogP contribution in [0.25, 0.3) is 22.2 Å². The number of nitrogens with zero attached hydrogens (tertiary/aromatic N) is 4. The van der Waals surface area contributed by atoms with Crippen LogP contribution in [0.15, 0.2) is 36.7 Å². The van der Waals surface area contributed by atoms with Gasteiger partial charge in [-0.3, -0.25) is 9.52 Å². The number of aromatic nitrogens is 2. The number of hydrogen-bond donors (Lipinski definition) is 1. The normalized spacial score (nSPS) is 17.2. The molecule has 8 nitrogen and oxygen atoms in total. The fourth-order valence-corrected chi connectivity index (χ4v) is 6.94. The number of fused-ring (bicyclic) bond motifs is 1. The first kappa shape index (κ1) is 25.5. The molecule has 0 aliphatic carbocycles. The Balaban J connectivity index is 1.57. The highest BCUT2D eigenvalue weighted by Gasteiger charge is 2.32. The minimum atomic E-state index is -3.75. The van der Waals surface area contributed by atoms with Crippen LogP contribution in [-0.2, 0) is 14.8 Å². The van der Waals surface area contributed by atoms with Crippen molar-refractivity contribution in [2.75, 3.05) is 35.8 Å². The molecule has 1 aromatic carbocycles. The van der Waals surface area contributed by atoms with E-state index in [2.05, 4.69) is 14.6 Å². The number of sulfonamides is 1. The molecule has 2 fully saturated rings. The number of hydrogen-bond acceptors (Lipinski definition) is 5. The molecule has 2 aromatic heterocycles. The smallest absolute Gasteiger partial charge is 0.235 e. The van der Waals surface area contributed by atoms with E-state index in [9.17, 15) is 13.2 Å². The summed E-state index contributed by atoms with van der Waals surface area (Å²) in [5.41, 5.74) is 2.99. The van der Waals surface area contributed by atoms with Crippen LogP contribution in [0.2, 0.25) is 0 Å². The predicted octanol–water partition coefficient (Wildman–Crippen LogP) is 4.78. The van der Waals surface area contributed by atoms with Gasteiger partial charge in [0, 0.05) is 68.4 Å². The fourth-order valence-electron chi connectivity index (χ4n) is 5.47. The van der Waals surface area contributed by atoms with Crippen molar-refractivity contribution in [1.82, 2.24) is 14.5 Å². The van der Waals surface area contributed by atoms with Crippen molar-refractivity contribution in [2.45, 2.75) is 57.7 Å². The standard InChI is InChI=1S/C27H34FN5O3S/c1-18(2)33-17-23(22-16-20(6-7-24(22)28)32-12-4-5-13-32)26-25(8-11-29-27(26)33)30-37(35,36)21-9-14-31(15-10-21)19(3)34/h6-8,11,16-18,21H,4-5,9-10,12-15H2,1-3H3,(H,29,30). The molecule has 4 heterocycles. The highest BCUT2D eigenvalue weighted by Crippen LogP contribution is 2.39. The van der Waals surface area contributed by atoms with Gasteiger partial charge in [-0.15, -0.1) is 0 Å². The molecular formula is C27H34FN5O3S. The highest BCUT2D eigenvalue weighted by molar-refractivity contribution is 7.93. The average molecular weight is 528 g/mol. The van der Waals surface area contributed by atoms with Gasteiger partial charge in [0.1, 0.15) is 11.5 Å². The molecule has 0 saturated carbocycles. The van der Waals surface area contributed by atoms with Gasteiger partial charge >= 0.3 is 0 Å². The number of nitrogens with one attached hydrogen (secondary N) is 1. The Hall–Kier alpha value is -3.14. The van der Waals surface area contributed by atoms with Gasteiger partial charge in [-0.1, -0.05) is 0 Å². The SMILES string of the molecule is CC(=O)N1CCC(S(=O)(=O)Nc2ccnc3c2c(-c2cc(N4CCCC4)ccc2F)cn3C(C)C)CC1. The Morgan fingerprint density at radius 1 is 1.08 bits per heavy atom. The highest BCUT2D eigenvalue weighted by atomic mass is 32.2. The lowest BCUT2D eigenvalue weighted by Gasteiger charge is -2.31. The lowest BCUT2D eigenvalue weighted by molar-refractivity contribution is -0.129. The number of halogens is 1. The Kier molecular flexibility index (Phi) is 6.87. The van der Waals surface area contributed by atoms with Crippen molar-refractivity contribution in [3.63, 3.8) is 0 Å². The summed E-state index contributed by atoms with van der Waals surface area (Å²) in [6.07, 6.45) is 6.42. The maximum absolute atomic E-state index is 15.3. The van der Waals surface area contributed by atoms with E-state index in [-0.39, 0.29) is 17.8 Å². The van der Waals surface area contributed by atoms with Gasteiger partial charge in [-0.2, -0.15) is 0 Å². The number of piperidine rings is 1. The van der Waals surface area contributed by atoms with Crippen molar-refractivity contribution in [1.29, 1.82) is 0 Å². The van der Waals surface area contributed by atoms with Crippen molar-refractivity contribution in [2.24, 2.45) is 0 Å². The number of rotatable bonds is 6. The molecule has 0 unspecified atom stereocenters. The number of carbonyl (C=O) groups excluding carboxylic acids is 1. The second kappa shape index (κ2) is 9.96. The van der Waals surface area contributed by atoms with E-state index in [1.165, 1.54) is 13.0 Å². The number of likely N-dealkylation sites (tertiary alicyclic amines) is 1. The van der Waals surface area contributed by atoms with E-state index in [0.29, 0.717) is 53.8 Å². The molecule has 0 bridgehead atoms. The summed E-state index contributed by atoms with van der Waals surface area (Å²) in [4.78, 5) is 20.2. The predicted molar refractivity (Wildman–Crippen MR) is 145 cm³/mol. The minimum absolute atomic E-state index is 0.0383. The van der Waals surface area contributed by atoms with Crippen LogP contribution < -0.4 is 9.62 Å². The zero-order valence-corrected chi connectivity index (χ0v) is 22.4. The zero-order valence-electron chi connectivity index (χ0n) is 21.6. The lowest BCUT2D eigenvalue weighted by Crippen LogP contribution is -2.43. The molecular weight excluding hydrogens is 493 g/mol. The molecule has 0 atom stereocenters. The Morgan fingerprint density at radius 2 is 1.78 bits per heavy atom. The first-order chi connectivity index (χ1) is 17.7. The maximum atomic E-state index is 15.3. The number of carbonyl (C=O) groups is 1. The van der Waals surface area contributed by atoms with E-state index >= 15 is 4.39 Å². The van der Waals surface area contributed by atoms with E-state index in [0.717, 1.165) is 31.6 Å². The van der Waals surface area contributed by atoms with Gasteiger partial charge in [-0.25, -0.2) is 17.8 Å². The van der Waals surface area contributed by atoms with Gasteiger partial charge in [-0.05, 0) is 63.8 Å². The maximum Gasteiger partial charge on any atom is 0.235 e. The molecule has 3 aromatic rings. The van der Waals surface area contributed by atoms with Gasteiger partial charge < -0.3 is 14.4 Å². The Labute approximate surface area is 217 Å². The van der Waals surface area contributed by atoms with Crippen LogP contribution in [-0.4, -0.2) is 60.2 Å². The van der Waals surface area contributed by atoms with E-state index in [4.69, 9.17) is 0 Å². The van der Waals surface area contributed by atoms with Crippen LogP contribution in [0.1, 0.15) is 52.5 Å². The zero-order chi connectivity index (χ0) is 26.3. The molecule has 10 heteroatoms. The second-order valence-electron chi connectivity index (χ2n) is 10.3. The molecule has 5 rings (SSSR count). The Morgan fingerprint density at radius 3 is 2.43 bits per heavy atom. The van der Waals surface area contributed by atoms with Crippen molar-refractivity contribution in [3.8, 4) is 11.1 Å². The molecule has 0 spiro atoms. The summed E-state index contributed by atoms with van der Waals surface area (Å²) < 4.78 is 47.0. The van der Waals surface area contributed by atoms with E-state index in [1.54, 1.807) is 23.2 Å². The van der Waals surface area contributed by atoms with Crippen LogP contribution >= 0.6 is 0 Å². The van der Waals surface area contributed by atoms with Crippen LogP contribution in [0, 0.1) is 5.82 Å². The third kappa shape index (κ3) is 4.91. The van der Waals surface area contributed by atoms with Crippen LogP contribution in [0.4, 0.5) is 15.8 Å². The molecule has 1 N–H and O–H groups in total. The second-order valence-corrected chi connectivity index (χ2v) is 12.3. The first-order valence-electron chi connectivity index (χ1n) is 13.0. The van der Waals surface area contributed by atoms with Crippen LogP contribution in [0.3, 0.4) is 0 Å². The Bertz CT molecular complexity index is 1420. The monoisotopic (exact) mass is 527 g/mol. The quantitative estimate of drug-likeness (QED) is 0.499.